The Morgan fingerprint density at radius 2 is 1.74 bits per heavy atom. The van der Waals surface area contributed by atoms with E-state index in [1.54, 1.807) is 0 Å². The molecule has 0 atom stereocenters. The summed E-state index contributed by atoms with van der Waals surface area (Å²) >= 11 is 0. The zero-order valence-electron chi connectivity index (χ0n) is 11.5. The summed E-state index contributed by atoms with van der Waals surface area (Å²) in [5.41, 5.74) is -0.803. The van der Waals surface area contributed by atoms with E-state index in [1.807, 2.05) is 4.90 Å². The lowest BCUT2D eigenvalue weighted by atomic mass is 9.98. The second-order valence-electron chi connectivity index (χ2n) is 5.80. The minimum absolute atomic E-state index is 0.123. The van der Waals surface area contributed by atoms with Crippen LogP contribution in [0.5, 0.6) is 0 Å². The molecule has 5 heteroatoms. The second-order valence-corrected chi connectivity index (χ2v) is 5.80. The van der Waals surface area contributed by atoms with E-state index in [0.29, 0.717) is 25.8 Å². The van der Waals surface area contributed by atoms with Crippen LogP contribution in [-0.2, 0) is 9.59 Å². The number of aliphatic hydroxyl groups is 1. The largest absolute Gasteiger partial charge is 0.389 e. The number of rotatable bonds is 5. The van der Waals surface area contributed by atoms with Gasteiger partial charge < -0.3 is 15.3 Å². The van der Waals surface area contributed by atoms with Crippen molar-refractivity contribution in [1.82, 2.24) is 10.2 Å². The van der Waals surface area contributed by atoms with Gasteiger partial charge in [0.2, 0.25) is 11.8 Å². The molecule has 0 aromatic heterocycles. The van der Waals surface area contributed by atoms with E-state index in [4.69, 9.17) is 0 Å². The molecule has 1 aliphatic heterocycles. The number of carbonyl (C=O) groups is 2. The van der Waals surface area contributed by atoms with E-state index in [2.05, 4.69) is 5.32 Å². The molecule has 2 aliphatic rings. The normalized spacial score (nSPS) is 21.6. The highest BCUT2D eigenvalue weighted by atomic mass is 16.3. The van der Waals surface area contributed by atoms with E-state index in [0.717, 1.165) is 38.8 Å². The Balaban J connectivity index is 1.62. The van der Waals surface area contributed by atoms with Gasteiger partial charge in [0.15, 0.2) is 0 Å². The number of nitrogens with one attached hydrogen (secondary N) is 1. The lowest BCUT2D eigenvalue weighted by Crippen LogP contribution is -2.37. The molecule has 0 aromatic carbocycles. The van der Waals surface area contributed by atoms with Crippen LogP contribution in [0, 0.1) is 0 Å². The van der Waals surface area contributed by atoms with Crippen molar-refractivity contribution in [2.45, 2.75) is 57.0 Å². The van der Waals surface area contributed by atoms with Gasteiger partial charge in [0.1, 0.15) is 0 Å². The minimum Gasteiger partial charge on any atom is -0.389 e. The summed E-state index contributed by atoms with van der Waals surface area (Å²) in [7, 11) is 0. The summed E-state index contributed by atoms with van der Waals surface area (Å²) in [6, 6.07) is 0. The Labute approximate surface area is 114 Å². The highest BCUT2D eigenvalue weighted by Crippen LogP contribution is 2.32. The Morgan fingerprint density at radius 3 is 2.37 bits per heavy atom. The molecule has 1 heterocycles. The van der Waals surface area contributed by atoms with Gasteiger partial charge in [-0.05, 0) is 25.7 Å². The van der Waals surface area contributed by atoms with Crippen molar-refractivity contribution in [2.24, 2.45) is 0 Å². The lowest BCUT2D eigenvalue weighted by Gasteiger charge is -2.21. The van der Waals surface area contributed by atoms with Gasteiger partial charge in [-0.1, -0.05) is 12.8 Å². The maximum atomic E-state index is 11.8. The zero-order chi connectivity index (χ0) is 13.7. The summed E-state index contributed by atoms with van der Waals surface area (Å²) in [5.74, 6) is -0.0176. The summed E-state index contributed by atoms with van der Waals surface area (Å²) in [6.45, 7) is 2.09. The summed E-state index contributed by atoms with van der Waals surface area (Å²) < 4.78 is 0. The molecule has 1 saturated carbocycles. The van der Waals surface area contributed by atoms with Crippen molar-refractivity contribution < 1.29 is 14.7 Å². The highest BCUT2D eigenvalue weighted by molar-refractivity contribution is 5.79. The van der Waals surface area contributed by atoms with Gasteiger partial charge in [0, 0.05) is 26.1 Å². The van der Waals surface area contributed by atoms with Crippen LogP contribution in [0.4, 0.5) is 0 Å². The molecule has 2 N–H and O–H groups in total. The maximum absolute atomic E-state index is 11.8. The predicted octanol–water partition coefficient (Wildman–Crippen LogP) is 0.810. The van der Waals surface area contributed by atoms with E-state index in [1.165, 1.54) is 0 Å². The van der Waals surface area contributed by atoms with Crippen LogP contribution in [0.25, 0.3) is 0 Å². The minimum atomic E-state index is -0.803. The van der Waals surface area contributed by atoms with Crippen LogP contribution in [0.15, 0.2) is 0 Å². The molecule has 0 spiro atoms. The van der Waals surface area contributed by atoms with Crippen molar-refractivity contribution in [3.63, 3.8) is 0 Å². The number of hydrogen-bond acceptors (Lipinski definition) is 3. The van der Waals surface area contributed by atoms with Crippen molar-refractivity contribution in [2.75, 3.05) is 19.6 Å². The fraction of sp³-hybridized carbons (Fsp3) is 0.857. The van der Waals surface area contributed by atoms with Crippen LogP contribution in [0.2, 0.25) is 0 Å². The first-order chi connectivity index (χ1) is 9.09. The number of hydrogen-bond donors (Lipinski definition) is 2. The third-order valence-corrected chi connectivity index (χ3v) is 4.14. The maximum Gasteiger partial charge on any atom is 0.224 e. The molecule has 2 fully saturated rings. The smallest absolute Gasteiger partial charge is 0.224 e. The fourth-order valence-electron chi connectivity index (χ4n) is 3.00. The molecular weight excluding hydrogens is 244 g/mol. The molecule has 0 aromatic rings. The van der Waals surface area contributed by atoms with E-state index in [-0.39, 0.29) is 18.2 Å². The van der Waals surface area contributed by atoms with Gasteiger partial charge in [-0.2, -0.15) is 0 Å². The van der Waals surface area contributed by atoms with Crippen molar-refractivity contribution in [1.29, 1.82) is 0 Å². The molecule has 0 bridgehead atoms. The number of likely N-dealkylation sites (tertiary alicyclic amines) is 1. The van der Waals surface area contributed by atoms with Gasteiger partial charge in [-0.25, -0.2) is 0 Å². The molecular formula is C14H24N2O3. The topological polar surface area (TPSA) is 69.6 Å². The van der Waals surface area contributed by atoms with Crippen molar-refractivity contribution in [3.8, 4) is 0 Å². The molecule has 0 unspecified atom stereocenters. The van der Waals surface area contributed by atoms with Crippen LogP contribution < -0.4 is 5.32 Å². The molecule has 1 saturated heterocycles. The van der Waals surface area contributed by atoms with Gasteiger partial charge in [-0.3, -0.25) is 9.59 Å². The predicted molar refractivity (Wildman–Crippen MR) is 71.5 cm³/mol. The molecule has 0 radical (unpaired) electrons. The number of nitrogens with zero attached hydrogens (tertiary/aromatic N) is 1. The van der Waals surface area contributed by atoms with Crippen LogP contribution in [0.3, 0.4) is 0 Å². The van der Waals surface area contributed by atoms with Crippen molar-refractivity contribution >= 4 is 11.8 Å². The van der Waals surface area contributed by atoms with Gasteiger partial charge in [0.25, 0.3) is 0 Å². The molecule has 2 rings (SSSR count). The second kappa shape index (κ2) is 6.37. The van der Waals surface area contributed by atoms with Crippen molar-refractivity contribution in [3.05, 3.63) is 0 Å². The average Bonchev–Trinajstić information content (AvgIpc) is 3.00. The Kier molecular flexibility index (Phi) is 4.80. The fourth-order valence-corrected chi connectivity index (χ4v) is 3.00. The van der Waals surface area contributed by atoms with Gasteiger partial charge >= 0.3 is 0 Å². The molecule has 5 nitrogen and oxygen atoms in total. The van der Waals surface area contributed by atoms with E-state index in [9.17, 15) is 14.7 Å². The standard InChI is InChI=1S/C14H24N2O3/c17-12(11-14(19)6-1-2-7-14)15-8-5-13(18)16-9-3-4-10-16/h19H,1-11H2,(H,15,17). The molecule has 19 heavy (non-hydrogen) atoms. The Bertz CT molecular complexity index is 332. The zero-order valence-corrected chi connectivity index (χ0v) is 11.5. The number of carbonyl (C=O) groups excluding carboxylic acids is 2. The van der Waals surface area contributed by atoms with Crippen LogP contribution in [-0.4, -0.2) is 47.1 Å². The summed E-state index contributed by atoms with van der Waals surface area (Å²) in [4.78, 5) is 25.3. The van der Waals surface area contributed by atoms with E-state index < -0.39 is 5.60 Å². The molecule has 108 valence electrons. The summed E-state index contributed by atoms with van der Waals surface area (Å²) in [5, 5.41) is 12.8. The monoisotopic (exact) mass is 268 g/mol. The van der Waals surface area contributed by atoms with Gasteiger partial charge in [0.05, 0.1) is 12.0 Å². The number of amides is 2. The Hall–Kier alpha value is -1.10. The van der Waals surface area contributed by atoms with Crippen LogP contribution in [0.1, 0.15) is 51.4 Å². The molecule has 1 aliphatic carbocycles. The first kappa shape index (κ1) is 14.3. The molecule has 2 amide bonds. The summed E-state index contributed by atoms with van der Waals surface area (Å²) in [6.07, 6.45) is 6.14. The Morgan fingerprint density at radius 1 is 1.11 bits per heavy atom. The first-order valence-corrected chi connectivity index (χ1v) is 7.36. The third kappa shape index (κ3) is 4.20. The average molecular weight is 268 g/mol. The van der Waals surface area contributed by atoms with Gasteiger partial charge in [-0.15, -0.1) is 0 Å². The quantitative estimate of drug-likeness (QED) is 0.775. The first-order valence-electron chi connectivity index (χ1n) is 7.36. The highest BCUT2D eigenvalue weighted by Gasteiger charge is 2.33. The van der Waals surface area contributed by atoms with Crippen LogP contribution >= 0.6 is 0 Å². The van der Waals surface area contributed by atoms with E-state index >= 15 is 0 Å². The third-order valence-electron chi connectivity index (χ3n) is 4.14. The SMILES string of the molecule is O=C(CC1(O)CCCC1)NCCC(=O)N1CCCC1. The lowest BCUT2D eigenvalue weighted by molar-refractivity contribution is -0.130.